The van der Waals surface area contributed by atoms with Crippen molar-refractivity contribution in [3.63, 3.8) is 0 Å². The Kier molecular flexibility index (Phi) is 39.9. The van der Waals surface area contributed by atoms with Gasteiger partial charge in [0, 0.05) is 13.5 Å². The highest BCUT2D eigenvalue weighted by Crippen LogP contribution is 2.24. The predicted molar refractivity (Wildman–Crippen MR) is 251 cm³/mol. The Morgan fingerprint density at radius 1 is 0.525 bits per heavy atom. The fourth-order valence-electron chi connectivity index (χ4n) is 8.76. The highest BCUT2D eigenvalue weighted by molar-refractivity contribution is 5.76. The largest absolute Gasteiger partial charge is 0.390 e. The van der Waals surface area contributed by atoms with Gasteiger partial charge in [0.15, 0.2) is 6.29 Å². The quantitative estimate of drug-likeness (QED) is 0.0328. The number of ether oxygens (including phenoxy) is 3. The molecule has 1 rings (SSSR count). The van der Waals surface area contributed by atoms with Gasteiger partial charge in [-0.05, 0) is 12.8 Å². The molecule has 1 fully saturated rings. The molecule has 1 aliphatic heterocycles. The van der Waals surface area contributed by atoms with Crippen LogP contribution in [0.5, 0.6) is 0 Å². The maximum atomic E-state index is 13.1. The van der Waals surface area contributed by atoms with E-state index in [1.807, 2.05) is 0 Å². The minimum Gasteiger partial charge on any atom is -0.390 e. The zero-order valence-electron chi connectivity index (χ0n) is 40.1. The summed E-state index contributed by atoms with van der Waals surface area (Å²) in [7, 11) is 1.44. The Morgan fingerprint density at radius 2 is 0.885 bits per heavy atom. The lowest BCUT2D eigenvalue weighted by Gasteiger charge is -2.40. The van der Waals surface area contributed by atoms with Gasteiger partial charge in [0.2, 0.25) is 5.91 Å². The summed E-state index contributed by atoms with van der Waals surface area (Å²) >= 11 is 0. The molecule has 0 aliphatic carbocycles. The molecule has 10 nitrogen and oxygen atoms in total. The summed E-state index contributed by atoms with van der Waals surface area (Å²) in [5.74, 6) is -0.230. The molecule has 61 heavy (non-hydrogen) atoms. The van der Waals surface area contributed by atoms with E-state index < -0.39 is 49.0 Å². The van der Waals surface area contributed by atoms with Crippen molar-refractivity contribution < 1.29 is 44.5 Å². The van der Waals surface area contributed by atoms with Crippen molar-refractivity contribution in [2.75, 3.05) is 20.3 Å². The zero-order valence-corrected chi connectivity index (χ0v) is 40.1. The van der Waals surface area contributed by atoms with Crippen LogP contribution >= 0.6 is 0 Å². The van der Waals surface area contributed by atoms with Gasteiger partial charge in [-0.2, -0.15) is 0 Å². The molecule has 2 unspecified atom stereocenters. The van der Waals surface area contributed by atoms with Crippen molar-refractivity contribution in [2.24, 2.45) is 0 Å². The first-order valence-corrected chi connectivity index (χ1v) is 26.2. The number of hydrogen-bond acceptors (Lipinski definition) is 9. The fourth-order valence-corrected chi connectivity index (χ4v) is 8.76. The SMILES string of the molecule is CCCCCCCCCCCCCCCCCCCCCCCCCC(=O)N[C@@H](CO[C@@H]1OC(COC)[C@H](O)[C@H](O)C1O)[C@H](O)[C@H](O)CCCCCCCCCCCCCC. The Hall–Kier alpha value is -0.850. The molecule has 0 spiro atoms. The Balaban J connectivity index is 2.30. The van der Waals surface area contributed by atoms with Crippen LogP contribution in [-0.2, 0) is 19.0 Å². The van der Waals surface area contributed by atoms with E-state index in [0.717, 1.165) is 38.5 Å². The van der Waals surface area contributed by atoms with Crippen molar-refractivity contribution in [3.05, 3.63) is 0 Å². The fraction of sp³-hybridized carbons (Fsp3) is 0.980. The molecule has 0 aromatic rings. The summed E-state index contributed by atoms with van der Waals surface area (Å²) in [4.78, 5) is 13.1. The van der Waals surface area contributed by atoms with Crippen LogP contribution < -0.4 is 5.32 Å². The number of aliphatic hydroxyl groups excluding tert-OH is 5. The van der Waals surface area contributed by atoms with Gasteiger partial charge in [-0.3, -0.25) is 4.79 Å². The third kappa shape index (κ3) is 31.6. The lowest BCUT2D eigenvalue weighted by atomic mass is 9.98. The monoisotopic (exact) mass is 872 g/mol. The molecular weight excluding hydrogens is 771 g/mol. The van der Waals surface area contributed by atoms with Crippen molar-refractivity contribution in [1.82, 2.24) is 5.32 Å². The molecule has 1 aliphatic rings. The maximum absolute atomic E-state index is 13.1. The van der Waals surface area contributed by atoms with Gasteiger partial charge < -0.3 is 45.1 Å². The van der Waals surface area contributed by atoms with Crippen molar-refractivity contribution in [3.8, 4) is 0 Å². The second kappa shape index (κ2) is 41.8. The van der Waals surface area contributed by atoms with Gasteiger partial charge in [-0.15, -0.1) is 0 Å². The van der Waals surface area contributed by atoms with E-state index in [-0.39, 0.29) is 19.1 Å². The summed E-state index contributed by atoms with van der Waals surface area (Å²) in [6, 6.07) is -0.954. The van der Waals surface area contributed by atoms with Gasteiger partial charge >= 0.3 is 0 Å². The van der Waals surface area contributed by atoms with E-state index in [1.54, 1.807) is 0 Å². The lowest BCUT2D eigenvalue weighted by Crippen LogP contribution is -2.60. The molecule has 1 saturated heterocycles. The first-order valence-electron chi connectivity index (χ1n) is 26.2. The van der Waals surface area contributed by atoms with Crippen LogP contribution in [0.2, 0.25) is 0 Å². The second-order valence-electron chi connectivity index (χ2n) is 18.7. The molecule has 0 saturated carbocycles. The Labute approximate surface area is 375 Å². The minimum atomic E-state index is -1.54. The van der Waals surface area contributed by atoms with Gasteiger partial charge in [-0.1, -0.05) is 232 Å². The number of carbonyl (C=O) groups is 1. The van der Waals surface area contributed by atoms with E-state index in [9.17, 15) is 30.3 Å². The third-order valence-corrected chi connectivity index (χ3v) is 13.0. The van der Waals surface area contributed by atoms with E-state index >= 15 is 0 Å². The first kappa shape index (κ1) is 58.2. The summed E-state index contributed by atoms with van der Waals surface area (Å²) < 4.78 is 16.6. The highest BCUT2D eigenvalue weighted by atomic mass is 16.7. The number of methoxy groups -OCH3 is 1. The molecule has 0 radical (unpaired) electrons. The molecular formula is C51H101NO9. The molecule has 1 heterocycles. The Morgan fingerprint density at radius 3 is 1.26 bits per heavy atom. The van der Waals surface area contributed by atoms with E-state index in [2.05, 4.69) is 19.2 Å². The topological polar surface area (TPSA) is 158 Å². The van der Waals surface area contributed by atoms with Crippen LogP contribution in [0.25, 0.3) is 0 Å². The van der Waals surface area contributed by atoms with Gasteiger partial charge in [-0.25, -0.2) is 0 Å². The molecule has 8 atom stereocenters. The van der Waals surface area contributed by atoms with Crippen LogP contribution in [0.1, 0.15) is 251 Å². The van der Waals surface area contributed by atoms with Crippen LogP contribution in [0.15, 0.2) is 0 Å². The summed E-state index contributed by atoms with van der Waals surface area (Å²) in [6.45, 7) is 4.25. The smallest absolute Gasteiger partial charge is 0.220 e. The van der Waals surface area contributed by atoms with E-state index in [1.165, 1.54) is 193 Å². The summed E-state index contributed by atoms with van der Waals surface area (Å²) in [5, 5.41) is 56.3. The molecule has 10 heteroatoms. The van der Waals surface area contributed by atoms with Gasteiger partial charge in [0.1, 0.15) is 30.5 Å². The molecule has 6 N–H and O–H groups in total. The number of rotatable bonds is 45. The van der Waals surface area contributed by atoms with Gasteiger partial charge in [0.25, 0.3) is 0 Å². The van der Waals surface area contributed by atoms with Crippen molar-refractivity contribution in [1.29, 1.82) is 0 Å². The lowest BCUT2D eigenvalue weighted by molar-refractivity contribution is -0.304. The molecule has 364 valence electrons. The average molecular weight is 872 g/mol. The van der Waals surface area contributed by atoms with Crippen LogP contribution in [0, 0.1) is 0 Å². The normalized spacial score (nSPS) is 20.8. The molecule has 0 aromatic carbocycles. The van der Waals surface area contributed by atoms with Crippen LogP contribution in [0.4, 0.5) is 0 Å². The number of unbranched alkanes of at least 4 members (excludes halogenated alkanes) is 33. The number of aliphatic hydroxyl groups is 5. The van der Waals surface area contributed by atoms with E-state index in [4.69, 9.17) is 14.2 Å². The second-order valence-corrected chi connectivity index (χ2v) is 18.7. The van der Waals surface area contributed by atoms with Crippen molar-refractivity contribution >= 4 is 5.91 Å². The molecule has 0 aromatic heterocycles. The molecule has 0 bridgehead atoms. The number of carbonyl (C=O) groups excluding carboxylic acids is 1. The Bertz CT molecular complexity index is 944. The van der Waals surface area contributed by atoms with Gasteiger partial charge in [0.05, 0.1) is 25.4 Å². The standard InChI is InChI=1S/C51H101NO9/c1-4-6-8-10-12-14-16-18-19-20-21-22-23-24-25-26-27-28-30-32-34-36-38-40-46(54)52-43(41-60-51-50(58)49(57)48(56)45(61-51)42-59-3)47(55)44(53)39-37-35-33-31-29-17-15-13-11-9-7-5-2/h43-45,47-51,53,55-58H,4-42H2,1-3H3,(H,52,54)/t43-,44+,45?,47-,48-,49-,50?,51+/m0/s1. The highest BCUT2D eigenvalue weighted by Gasteiger charge is 2.45. The average Bonchev–Trinajstić information content (AvgIpc) is 3.25. The predicted octanol–water partition coefficient (Wildman–Crippen LogP) is 11.1. The zero-order chi connectivity index (χ0) is 44.6. The summed E-state index contributed by atoms with van der Waals surface area (Å²) in [6.07, 6.45) is 36.3. The van der Waals surface area contributed by atoms with Crippen molar-refractivity contribution in [2.45, 2.75) is 300 Å². The number of nitrogens with one attached hydrogen (secondary N) is 1. The first-order chi connectivity index (χ1) is 29.8. The molecule has 1 amide bonds. The minimum absolute atomic E-state index is 0.0229. The van der Waals surface area contributed by atoms with Crippen LogP contribution in [0.3, 0.4) is 0 Å². The third-order valence-electron chi connectivity index (χ3n) is 13.0. The number of amides is 1. The van der Waals surface area contributed by atoms with E-state index in [0.29, 0.717) is 12.8 Å². The number of hydrogen-bond donors (Lipinski definition) is 6. The van der Waals surface area contributed by atoms with Crippen LogP contribution in [-0.4, -0.2) is 101 Å². The maximum Gasteiger partial charge on any atom is 0.220 e. The summed E-state index contributed by atoms with van der Waals surface area (Å²) in [5.41, 5.74) is 0.